The van der Waals surface area contributed by atoms with Gasteiger partial charge in [0.1, 0.15) is 5.69 Å². The van der Waals surface area contributed by atoms with Gasteiger partial charge in [-0.05, 0) is 49.6 Å². The van der Waals surface area contributed by atoms with Crippen molar-refractivity contribution in [3.63, 3.8) is 0 Å². The van der Waals surface area contributed by atoms with Crippen LogP contribution in [0, 0.1) is 0 Å². The molecule has 2 aromatic rings. The van der Waals surface area contributed by atoms with E-state index in [4.69, 9.17) is 0 Å². The lowest BCUT2D eigenvalue weighted by Crippen LogP contribution is -2.50. The van der Waals surface area contributed by atoms with Crippen molar-refractivity contribution in [2.45, 2.75) is 32.2 Å². The molecule has 0 saturated carbocycles. The second-order valence-electron chi connectivity index (χ2n) is 7.82. The molecule has 2 aliphatic rings. The summed E-state index contributed by atoms with van der Waals surface area (Å²) in [7, 11) is 0. The Morgan fingerprint density at radius 2 is 1.72 bits per heavy atom. The molecule has 1 N–H and O–H groups in total. The fraction of sp³-hybridized carbons (Fsp3) is 0.500. The summed E-state index contributed by atoms with van der Waals surface area (Å²) in [6.07, 6.45) is 5.08. The first-order valence-corrected chi connectivity index (χ1v) is 10.6. The molecule has 7 nitrogen and oxygen atoms in total. The van der Waals surface area contributed by atoms with Gasteiger partial charge >= 0.3 is 0 Å². The number of benzene rings is 1. The summed E-state index contributed by atoms with van der Waals surface area (Å²) in [5.74, 6) is -0.0132. The zero-order chi connectivity index (χ0) is 20.2. The molecule has 0 radical (unpaired) electrons. The highest BCUT2D eigenvalue weighted by molar-refractivity contribution is 5.95. The highest BCUT2D eigenvalue weighted by Crippen LogP contribution is 2.17. The van der Waals surface area contributed by atoms with Crippen molar-refractivity contribution in [3.05, 3.63) is 53.3 Å². The van der Waals surface area contributed by atoms with Gasteiger partial charge < -0.3 is 15.1 Å². The molecule has 0 spiro atoms. The van der Waals surface area contributed by atoms with Gasteiger partial charge in [0.25, 0.3) is 11.8 Å². The number of rotatable bonds is 4. The van der Waals surface area contributed by atoms with E-state index in [1.165, 1.54) is 5.56 Å². The minimum absolute atomic E-state index is 0.0360. The third kappa shape index (κ3) is 4.34. The topological polar surface area (TPSA) is 70.5 Å². The lowest BCUT2D eigenvalue weighted by molar-refractivity contribution is 0.0531. The minimum Gasteiger partial charge on any atom is -0.335 e. The number of piperazine rings is 1. The number of amides is 2. The van der Waals surface area contributed by atoms with Crippen LogP contribution in [0.15, 0.2) is 36.5 Å². The molecule has 0 bridgehead atoms. The van der Waals surface area contributed by atoms with Crippen molar-refractivity contribution in [2.24, 2.45) is 0 Å². The Morgan fingerprint density at radius 3 is 2.34 bits per heavy atom. The van der Waals surface area contributed by atoms with Crippen LogP contribution < -0.4 is 5.32 Å². The van der Waals surface area contributed by atoms with Crippen molar-refractivity contribution in [2.75, 3.05) is 39.3 Å². The smallest absolute Gasteiger partial charge is 0.274 e. The van der Waals surface area contributed by atoms with Crippen LogP contribution in [0.25, 0.3) is 0 Å². The summed E-state index contributed by atoms with van der Waals surface area (Å²) in [5.41, 5.74) is 2.42. The Bertz CT molecular complexity index is 846. The molecule has 2 saturated heterocycles. The zero-order valence-corrected chi connectivity index (χ0v) is 17.0. The maximum Gasteiger partial charge on any atom is 0.274 e. The molecule has 0 aliphatic carbocycles. The number of carbonyl (C=O) groups is 2. The Labute approximate surface area is 171 Å². The quantitative estimate of drug-likeness (QED) is 0.859. The second kappa shape index (κ2) is 8.78. The van der Waals surface area contributed by atoms with E-state index in [0.29, 0.717) is 43.5 Å². The molecule has 1 aromatic carbocycles. The first-order chi connectivity index (χ1) is 14.2. The van der Waals surface area contributed by atoms with Crippen molar-refractivity contribution in [1.29, 1.82) is 0 Å². The maximum atomic E-state index is 12.8. The van der Waals surface area contributed by atoms with Gasteiger partial charge in [-0.15, -0.1) is 0 Å². The fourth-order valence-corrected chi connectivity index (χ4v) is 4.05. The molecular formula is C22H29N5O2. The molecule has 154 valence electrons. The Balaban J connectivity index is 1.33. The van der Waals surface area contributed by atoms with Gasteiger partial charge in [-0.3, -0.25) is 14.3 Å². The SMILES string of the molecule is CCc1ccc(C(=O)N2CCN(C(=O)c3ccn(C4CCCNC4)n3)CC2)cc1. The van der Waals surface area contributed by atoms with E-state index in [9.17, 15) is 9.59 Å². The van der Waals surface area contributed by atoms with Crippen LogP contribution in [0.2, 0.25) is 0 Å². The van der Waals surface area contributed by atoms with Crippen molar-refractivity contribution >= 4 is 11.8 Å². The van der Waals surface area contributed by atoms with Crippen molar-refractivity contribution < 1.29 is 9.59 Å². The fourth-order valence-electron chi connectivity index (χ4n) is 4.05. The molecule has 2 aliphatic heterocycles. The van der Waals surface area contributed by atoms with Gasteiger partial charge in [-0.25, -0.2) is 0 Å². The summed E-state index contributed by atoms with van der Waals surface area (Å²) < 4.78 is 1.92. The molecule has 7 heteroatoms. The number of nitrogens with one attached hydrogen (secondary N) is 1. The molecule has 1 atom stereocenters. The number of aromatic nitrogens is 2. The molecule has 1 aromatic heterocycles. The van der Waals surface area contributed by atoms with E-state index < -0.39 is 0 Å². The van der Waals surface area contributed by atoms with Gasteiger partial charge in [-0.2, -0.15) is 5.10 Å². The minimum atomic E-state index is -0.0492. The van der Waals surface area contributed by atoms with Gasteiger partial charge in [0.15, 0.2) is 0 Å². The summed E-state index contributed by atoms with van der Waals surface area (Å²) in [6.45, 7) is 6.22. The molecule has 1 unspecified atom stereocenters. The molecule has 29 heavy (non-hydrogen) atoms. The van der Waals surface area contributed by atoms with Crippen LogP contribution in [0.5, 0.6) is 0 Å². The second-order valence-corrected chi connectivity index (χ2v) is 7.82. The number of aryl methyl sites for hydroxylation is 1. The van der Waals surface area contributed by atoms with Gasteiger partial charge in [0.05, 0.1) is 6.04 Å². The van der Waals surface area contributed by atoms with Gasteiger partial charge in [0, 0.05) is 44.5 Å². The van der Waals surface area contributed by atoms with E-state index in [1.807, 2.05) is 46.1 Å². The predicted octanol–water partition coefficient (Wildman–Crippen LogP) is 1.97. The molecule has 2 amide bonds. The highest BCUT2D eigenvalue weighted by Gasteiger charge is 2.27. The van der Waals surface area contributed by atoms with Crippen molar-refractivity contribution in [3.8, 4) is 0 Å². The van der Waals surface area contributed by atoms with E-state index in [2.05, 4.69) is 17.3 Å². The standard InChI is InChI=1S/C22H29N5O2/c1-2-17-5-7-18(8-6-17)21(28)25-12-14-26(15-13-25)22(29)20-9-11-27(24-20)19-4-3-10-23-16-19/h5-9,11,19,23H,2-4,10,12-16H2,1H3. The number of carbonyl (C=O) groups excluding carboxylic acids is 2. The molecular weight excluding hydrogens is 366 g/mol. The first kappa shape index (κ1) is 19.6. The molecule has 3 heterocycles. The third-order valence-electron chi connectivity index (χ3n) is 5.94. The summed E-state index contributed by atoms with van der Waals surface area (Å²) >= 11 is 0. The number of nitrogens with zero attached hydrogens (tertiary/aromatic N) is 4. The van der Waals surface area contributed by atoms with Crippen LogP contribution in [0.3, 0.4) is 0 Å². The Kier molecular flexibility index (Phi) is 5.94. The third-order valence-corrected chi connectivity index (χ3v) is 5.94. The average Bonchev–Trinajstić information content (AvgIpc) is 3.29. The van der Waals surface area contributed by atoms with E-state index in [-0.39, 0.29) is 11.8 Å². The Hall–Kier alpha value is -2.67. The molecule has 2 fully saturated rings. The normalized spacial score (nSPS) is 20.0. The lowest BCUT2D eigenvalue weighted by Gasteiger charge is -2.34. The van der Waals surface area contributed by atoms with Crippen LogP contribution >= 0.6 is 0 Å². The highest BCUT2D eigenvalue weighted by atomic mass is 16.2. The Morgan fingerprint density at radius 1 is 1.03 bits per heavy atom. The van der Waals surface area contributed by atoms with Crippen LogP contribution in [-0.4, -0.2) is 70.7 Å². The van der Waals surface area contributed by atoms with Crippen LogP contribution in [0.4, 0.5) is 0 Å². The summed E-state index contributed by atoms with van der Waals surface area (Å²) in [4.78, 5) is 29.2. The van der Waals surface area contributed by atoms with Gasteiger partial charge in [0.2, 0.25) is 0 Å². The molecule has 4 rings (SSSR count). The zero-order valence-electron chi connectivity index (χ0n) is 17.0. The first-order valence-electron chi connectivity index (χ1n) is 10.6. The van der Waals surface area contributed by atoms with E-state index >= 15 is 0 Å². The maximum absolute atomic E-state index is 12.8. The van der Waals surface area contributed by atoms with Crippen molar-refractivity contribution in [1.82, 2.24) is 24.9 Å². The predicted molar refractivity (Wildman–Crippen MR) is 111 cm³/mol. The average molecular weight is 396 g/mol. The van der Waals surface area contributed by atoms with E-state index in [0.717, 1.165) is 32.4 Å². The van der Waals surface area contributed by atoms with Crippen LogP contribution in [-0.2, 0) is 6.42 Å². The summed E-state index contributed by atoms with van der Waals surface area (Å²) in [6, 6.07) is 9.93. The van der Waals surface area contributed by atoms with Crippen LogP contribution in [0.1, 0.15) is 52.2 Å². The number of piperidine rings is 1. The number of hydrogen-bond donors (Lipinski definition) is 1. The number of hydrogen-bond acceptors (Lipinski definition) is 4. The monoisotopic (exact) mass is 395 g/mol. The van der Waals surface area contributed by atoms with Gasteiger partial charge in [-0.1, -0.05) is 19.1 Å². The lowest BCUT2D eigenvalue weighted by atomic mass is 10.1. The van der Waals surface area contributed by atoms with E-state index in [1.54, 1.807) is 4.90 Å². The largest absolute Gasteiger partial charge is 0.335 e. The summed E-state index contributed by atoms with van der Waals surface area (Å²) in [5, 5.41) is 7.91.